The molecule has 0 fully saturated rings. The molecule has 0 radical (unpaired) electrons. The van der Waals surface area contributed by atoms with E-state index in [1.807, 2.05) is 13.0 Å². The van der Waals surface area contributed by atoms with Gasteiger partial charge in [0.15, 0.2) is 0 Å². The lowest BCUT2D eigenvalue weighted by Gasteiger charge is -2.04. The van der Waals surface area contributed by atoms with Crippen molar-refractivity contribution in [3.05, 3.63) is 34.2 Å². The Kier molecular flexibility index (Phi) is 2.70. The molecule has 1 nitrogen and oxygen atoms in total. The van der Waals surface area contributed by atoms with E-state index < -0.39 is 0 Å². The summed E-state index contributed by atoms with van der Waals surface area (Å²) in [7, 11) is 0. The number of hydrogen-bond acceptors (Lipinski definition) is 2. The van der Waals surface area contributed by atoms with Crippen LogP contribution in [0.5, 0.6) is 0 Å². The van der Waals surface area contributed by atoms with Gasteiger partial charge in [0.1, 0.15) is 6.29 Å². The number of rotatable bonds is 2. The Labute approximate surface area is 94.9 Å². The van der Waals surface area contributed by atoms with E-state index in [0.717, 1.165) is 22.7 Å². The molecule has 0 N–H and O–H groups in total. The zero-order valence-electron chi connectivity index (χ0n) is 7.71. The first-order chi connectivity index (χ1) is 6.77. The first-order valence-electron chi connectivity index (χ1n) is 4.28. The maximum Gasteiger partial charge on any atom is 0.150 e. The SMILES string of the molecule is Cc1c(C=O)cc(CBr)c2ccsc12. The number of carbonyl (C=O) groups is 1. The molecule has 0 saturated heterocycles. The maximum atomic E-state index is 10.9. The molecule has 2 aromatic rings. The van der Waals surface area contributed by atoms with Crippen LogP contribution >= 0.6 is 27.3 Å². The Morgan fingerprint density at radius 1 is 1.57 bits per heavy atom. The first-order valence-corrected chi connectivity index (χ1v) is 6.29. The molecule has 0 unspecified atom stereocenters. The van der Waals surface area contributed by atoms with Gasteiger partial charge in [-0.1, -0.05) is 15.9 Å². The summed E-state index contributed by atoms with van der Waals surface area (Å²) in [6.45, 7) is 2.00. The fourth-order valence-corrected chi connectivity index (χ4v) is 3.02. The van der Waals surface area contributed by atoms with Crippen LogP contribution in [0.25, 0.3) is 10.1 Å². The summed E-state index contributed by atoms with van der Waals surface area (Å²) in [6.07, 6.45) is 0.931. The zero-order valence-corrected chi connectivity index (χ0v) is 10.1. The predicted octanol–water partition coefficient (Wildman–Crippen LogP) is 3.92. The van der Waals surface area contributed by atoms with Crippen LogP contribution in [-0.2, 0) is 5.33 Å². The molecular formula is C11H9BrOS. The Morgan fingerprint density at radius 3 is 3.00 bits per heavy atom. The fraction of sp³-hybridized carbons (Fsp3) is 0.182. The quantitative estimate of drug-likeness (QED) is 0.596. The number of benzene rings is 1. The highest BCUT2D eigenvalue weighted by atomic mass is 79.9. The van der Waals surface area contributed by atoms with Crippen LogP contribution in [0.15, 0.2) is 17.5 Å². The molecule has 0 aliphatic heterocycles. The summed E-state index contributed by atoms with van der Waals surface area (Å²) in [4.78, 5) is 10.9. The van der Waals surface area contributed by atoms with Crippen LogP contribution < -0.4 is 0 Å². The Morgan fingerprint density at radius 2 is 2.36 bits per heavy atom. The Hall–Kier alpha value is -0.670. The van der Waals surface area contributed by atoms with Crippen molar-refractivity contribution in [2.75, 3.05) is 0 Å². The van der Waals surface area contributed by atoms with Crippen LogP contribution in [0.4, 0.5) is 0 Å². The normalized spacial score (nSPS) is 10.7. The minimum absolute atomic E-state index is 0.793. The summed E-state index contributed by atoms with van der Waals surface area (Å²) < 4.78 is 1.23. The minimum atomic E-state index is 0.793. The number of fused-ring (bicyclic) bond motifs is 1. The van der Waals surface area contributed by atoms with E-state index in [0.29, 0.717) is 0 Å². The van der Waals surface area contributed by atoms with E-state index in [9.17, 15) is 4.79 Å². The lowest BCUT2D eigenvalue weighted by molar-refractivity contribution is 0.112. The van der Waals surface area contributed by atoms with Gasteiger partial charge in [-0.15, -0.1) is 11.3 Å². The molecule has 0 bridgehead atoms. The van der Waals surface area contributed by atoms with Crippen LogP contribution in [0, 0.1) is 6.92 Å². The van der Waals surface area contributed by atoms with Gasteiger partial charge in [-0.05, 0) is 40.9 Å². The molecule has 0 atom stereocenters. The molecule has 1 heterocycles. The zero-order chi connectivity index (χ0) is 10.1. The van der Waals surface area contributed by atoms with Gasteiger partial charge in [0.05, 0.1) is 0 Å². The van der Waals surface area contributed by atoms with Gasteiger partial charge >= 0.3 is 0 Å². The molecule has 0 amide bonds. The molecule has 1 aromatic heterocycles. The topological polar surface area (TPSA) is 17.1 Å². The largest absolute Gasteiger partial charge is 0.298 e. The van der Waals surface area contributed by atoms with Gasteiger partial charge < -0.3 is 0 Å². The number of thiophene rings is 1. The lowest BCUT2D eigenvalue weighted by Crippen LogP contribution is -1.90. The molecule has 2 rings (SSSR count). The van der Waals surface area contributed by atoms with Gasteiger partial charge in [-0.2, -0.15) is 0 Å². The average molecular weight is 269 g/mol. The summed E-state index contributed by atoms with van der Waals surface area (Å²) in [6, 6.07) is 4.07. The van der Waals surface area contributed by atoms with E-state index >= 15 is 0 Å². The molecule has 1 aromatic carbocycles. The second-order valence-electron chi connectivity index (χ2n) is 3.16. The van der Waals surface area contributed by atoms with Crippen LogP contribution in [-0.4, -0.2) is 6.29 Å². The lowest BCUT2D eigenvalue weighted by atomic mass is 10.0. The van der Waals surface area contributed by atoms with Crippen molar-refractivity contribution < 1.29 is 4.79 Å². The number of carbonyl (C=O) groups excluding carboxylic acids is 1. The van der Waals surface area contributed by atoms with Gasteiger partial charge in [0, 0.05) is 15.6 Å². The van der Waals surface area contributed by atoms with Crippen molar-refractivity contribution in [2.45, 2.75) is 12.3 Å². The standard InChI is InChI=1S/C11H9BrOS/c1-7-9(6-13)4-8(5-12)10-2-3-14-11(7)10/h2-4,6H,5H2,1H3. The smallest absolute Gasteiger partial charge is 0.150 e. The molecule has 0 saturated carbocycles. The van der Waals surface area contributed by atoms with Crippen molar-refractivity contribution in [3.8, 4) is 0 Å². The first kappa shape index (κ1) is 9.87. The van der Waals surface area contributed by atoms with Crippen molar-refractivity contribution >= 4 is 43.6 Å². The van der Waals surface area contributed by atoms with Crippen molar-refractivity contribution in [2.24, 2.45) is 0 Å². The summed E-state index contributed by atoms with van der Waals surface area (Å²) >= 11 is 5.13. The Bertz CT molecular complexity index is 487. The van der Waals surface area contributed by atoms with E-state index in [-0.39, 0.29) is 0 Å². The third kappa shape index (κ3) is 1.41. The summed E-state index contributed by atoms with van der Waals surface area (Å²) in [5.74, 6) is 0. The van der Waals surface area contributed by atoms with Gasteiger partial charge in [0.2, 0.25) is 0 Å². The van der Waals surface area contributed by atoms with Crippen molar-refractivity contribution in [1.29, 1.82) is 0 Å². The minimum Gasteiger partial charge on any atom is -0.298 e. The molecule has 0 spiro atoms. The Balaban J connectivity index is 2.86. The third-order valence-corrected chi connectivity index (χ3v) is 4.02. The third-order valence-electron chi connectivity index (χ3n) is 2.39. The second-order valence-corrected chi connectivity index (χ2v) is 4.64. The number of alkyl halides is 1. The van der Waals surface area contributed by atoms with E-state index in [1.165, 1.54) is 15.6 Å². The van der Waals surface area contributed by atoms with Crippen molar-refractivity contribution in [3.63, 3.8) is 0 Å². The van der Waals surface area contributed by atoms with Crippen LogP contribution in [0.3, 0.4) is 0 Å². The highest BCUT2D eigenvalue weighted by Crippen LogP contribution is 2.30. The number of aldehydes is 1. The number of hydrogen-bond donors (Lipinski definition) is 0. The van der Waals surface area contributed by atoms with Gasteiger partial charge in [-0.3, -0.25) is 4.79 Å². The molecule has 3 heteroatoms. The second kappa shape index (κ2) is 3.83. The van der Waals surface area contributed by atoms with Crippen LogP contribution in [0.2, 0.25) is 0 Å². The van der Waals surface area contributed by atoms with Crippen LogP contribution in [0.1, 0.15) is 21.5 Å². The molecule has 0 aliphatic rings. The monoisotopic (exact) mass is 268 g/mol. The molecule has 0 aliphatic carbocycles. The molecule has 72 valence electrons. The predicted molar refractivity (Wildman–Crippen MR) is 64.6 cm³/mol. The van der Waals surface area contributed by atoms with Gasteiger partial charge in [0.25, 0.3) is 0 Å². The highest BCUT2D eigenvalue weighted by molar-refractivity contribution is 9.08. The molecule has 14 heavy (non-hydrogen) atoms. The summed E-state index contributed by atoms with van der Waals surface area (Å²) in [5.41, 5.74) is 3.08. The highest BCUT2D eigenvalue weighted by Gasteiger charge is 2.08. The fourth-order valence-electron chi connectivity index (χ4n) is 1.59. The maximum absolute atomic E-state index is 10.9. The van der Waals surface area contributed by atoms with E-state index in [4.69, 9.17) is 0 Å². The molecular weight excluding hydrogens is 260 g/mol. The van der Waals surface area contributed by atoms with Gasteiger partial charge in [-0.25, -0.2) is 0 Å². The number of aryl methyl sites for hydroxylation is 1. The van der Waals surface area contributed by atoms with Crippen molar-refractivity contribution in [1.82, 2.24) is 0 Å². The number of halogens is 1. The van der Waals surface area contributed by atoms with E-state index in [2.05, 4.69) is 27.4 Å². The summed E-state index contributed by atoms with van der Waals surface area (Å²) in [5, 5.41) is 4.12. The average Bonchev–Trinajstić information content (AvgIpc) is 2.68. The van der Waals surface area contributed by atoms with E-state index in [1.54, 1.807) is 11.3 Å².